The smallest absolute Gasteiger partial charge is 0.258 e. The molecule has 2 rings (SSSR count). The molecule has 2 aromatic carbocycles. The van der Waals surface area contributed by atoms with E-state index >= 15 is 0 Å². The van der Waals surface area contributed by atoms with Gasteiger partial charge >= 0.3 is 0 Å². The van der Waals surface area contributed by atoms with Crippen LogP contribution in [0.25, 0.3) is 0 Å². The van der Waals surface area contributed by atoms with E-state index in [2.05, 4.69) is 4.99 Å². The number of halogens is 1. The molecule has 5 heteroatoms. The summed E-state index contributed by atoms with van der Waals surface area (Å²) in [4.78, 5) is 14.5. The zero-order chi connectivity index (χ0) is 13.0. The quantitative estimate of drug-likeness (QED) is 0.476. The van der Waals surface area contributed by atoms with E-state index in [1.807, 2.05) is 12.1 Å². The largest absolute Gasteiger partial charge is 0.294 e. The molecule has 0 aliphatic heterocycles. The van der Waals surface area contributed by atoms with Gasteiger partial charge in [0.25, 0.3) is 5.69 Å². The average Bonchev–Trinajstić information content (AvgIpc) is 2.38. The number of nitro benzene ring substituents is 1. The number of para-hydroxylation sites is 2. The summed E-state index contributed by atoms with van der Waals surface area (Å²) < 4.78 is 0. The Labute approximate surface area is 109 Å². The second kappa shape index (κ2) is 5.42. The van der Waals surface area contributed by atoms with Gasteiger partial charge in [0.1, 0.15) is 5.69 Å². The molecule has 0 saturated heterocycles. The lowest BCUT2D eigenvalue weighted by Gasteiger charge is -1.98. The van der Waals surface area contributed by atoms with E-state index in [0.29, 0.717) is 10.7 Å². The third kappa shape index (κ3) is 2.73. The van der Waals surface area contributed by atoms with Crippen LogP contribution in [0, 0.1) is 10.1 Å². The van der Waals surface area contributed by atoms with Gasteiger partial charge in [0.2, 0.25) is 0 Å². The first kappa shape index (κ1) is 12.3. The molecule has 0 N–H and O–H groups in total. The lowest BCUT2D eigenvalue weighted by molar-refractivity contribution is -0.384. The summed E-state index contributed by atoms with van der Waals surface area (Å²) >= 11 is 5.97. The minimum Gasteiger partial charge on any atom is -0.258 e. The van der Waals surface area contributed by atoms with Gasteiger partial charge in [0.05, 0.1) is 4.92 Å². The molecular formula is C13H9ClN2O2. The van der Waals surface area contributed by atoms with Gasteiger partial charge < -0.3 is 0 Å². The van der Waals surface area contributed by atoms with Crippen molar-refractivity contribution in [2.75, 3.05) is 0 Å². The molecule has 0 amide bonds. The molecule has 2 aromatic rings. The number of hydrogen-bond donors (Lipinski definition) is 0. The van der Waals surface area contributed by atoms with Gasteiger partial charge in [-0.1, -0.05) is 41.9 Å². The number of hydrogen-bond acceptors (Lipinski definition) is 3. The number of nitrogens with zero attached hydrogens (tertiary/aromatic N) is 2. The van der Waals surface area contributed by atoms with Crippen LogP contribution in [0.4, 0.5) is 11.4 Å². The van der Waals surface area contributed by atoms with Gasteiger partial charge in [0.15, 0.2) is 0 Å². The van der Waals surface area contributed by atoms with Gasteiger partial charge in [-0.05, 0) is 12.1 Å². The summed E-state index contributed by atoms with van der Waals surface area (Å²) in [5.41, 5.74) is 1.00. The Morgan fingerprint density at radius 2 is 1.78 bits per heavy atom. The van der Waals surface area contributed by atoms with Crippen LogP contribution >= 0.6 is 11.6 Å². The normalized spacial score (nSPS) is 10.7. The molecule has 0 bridgehead atoms. The van der Waals surface area contributed by atoms with E-state index in [4.69, 9.17) is 11.6 Å². The fourth-order valence-corrected chi connectivity index (χ4v) is 1.63. The fraction of sp³-hybridized carbons (Fsp3) is 0. The van der Waals surface area contributed by atoms with Gasteiger partial charge in [-0.15, -0.1) is 0 Å². The second-order valence-corrected chi connectivity index (χ2v) is 3.93. The molecule has 0 atom stereocenters. The Kier molecular flexibility index (Phi) is 3.69. The van der Waals surface area contributed by atoms with Crippen molar-refractivity contribution in [1.29, 1.82) is 0 Å². The number of rotatable bonds is 3. The molecule has 0 fully saturated rings. The predicted octanol–water partition coefficient (Wildman–Crippen LogP) is 4.00. The molecule has 0 aromatic heterocycles. The lowest BCUT2D eigenvalue weighted by Crippen LogP contribution is -1.88. The Bertz CT molecular complexity index is 611. The van der Waals surface area contributed by atoms with Crippen LogP contribution in [-0.4, -0.2) is 11.1 Å². The molecule has 0 unspecified atom stereocenters. The molecule has 0 heterocycles. The zero-order valence-electron chi connectivity index (χ0n) is 9.29. The van der Waals surface area contributed by atoms with E-state index in [0.717, 1.165) is 5.56 Å². The van der Waals surface area contributed by atoms with Crippen LogP contribution in [0.15, 0.2) is 53.5 Å². The van der Waals surface area contributed by atoms with Crippen LogP contribution < -0.4 is 0 Å². The zero-order valence-corrected chi connectivity index (χ0v) is 10.0. The van der Waals surface area contributed by atoms with Crippen molar-refractivity contribution in [3.8, 4) is 0 Å². The second-order valence-electron chi connectivity index (χ2n) is 3.53. The average molecular weight is 261 g/mol. The summed E-state index contributed by atoms with van der Waals surface area (Å²) in [6, 6.07) is 13.5. The highest BCUT2D eigenvalue weighted by Crippen LogP contribution is 2.26. The topological polar surface area (TPSA) is 55.5 Å². The van der Waals surface area contributed by atoms with Crippen molar-refractivity contribution in [2.45, 2.75) is 0 Å². The van der Waals surface area contributed by atoms with Crippen LogP contribution in [0.1, 0.15) is 5.56 Å². The Morgan fingerprint density at radius 1 is 1.11 bits per heavy atom. The standard InChI is InChI=1S/C13H9ClN2O2/c14-11-6-2-1-5-10(11)9-15-12-7-3-4-8-13(12)16(17)18/h1-9H. The van der Waals surface area contributed by atoms with Crippen LogP contribution in [0.3, 0.4) is 0 Å². The van der Waals surface area contributed by atoms with Crippen molar-refractivity contribution in [3.05, 3.63) is 69.2 Å². The molecule has 0 spiro atoms. The minimum atomic E-state index is -0.459. The van der Waals surface area contributed by atoms with E-state index in [1.54, 1.807) is 30.3 Å². The lowest BCUT2D eigenvalue weighted by atomic mass is 10.2. The first-order valence-corrected chi connectivity index (χ1v) is 5.58. The van der Waals surface area contributed by atoms with Crippen LogP contribution in [0.2, 0.25) is 5.02 Å². The highest BCUT2D eigenvalue weighted by Gasteiger charge is 2.10. The predicted molar refractivity (Wildman–Crippen MR) is 71.8 cm³/mol. The first-order valence-electron chi connectivity index (χ1n) is 5.20. The van der Waals surface area contributed by atoms with Crippen molar-refractivity contribution < 1.29 is 4.92 Å². The van der Waals surface area contributed by atoms with Gasteiger partial charge in [-0.3, -0.25) is 10.1 Å². The molecule has 0 aliphatic carbocycles. The summed E-state index contributed by atoms with van der Waals surface area (Å²) in [6.07, 6.45) is 1.52. The van der Waals surface area contributed by atoms with Crippen molar-refractivity contribution in [2.24, 2.45) is 4.99 Å². The maximum absolute atomic E-state index is 10.8. The Hall–Kier alpha value is -2.20. The summed E-state index contributed by atoms with van der Waals surface area (Å²) in [5, 5.41) is 11.4. The maximum Gasteiger partial charge on any atom is 0.294 e. The molecular weight excluding hydrogens is 252 g/mol. The van der Waals surface area contributed by atoms with Crippen LogP contribution in [0.5, 0.6) is 0 Å². The van der Waals surface area contributed by atoms with Crippen molar-refractivity contribution in [3.63, 3.8) is 0 Å². The molecule has 0 radical (unpaired) electrons. The number of nitro groups is 1. The van der Waals surface area contributed by atoms with Gasteiger partial charge in [0, 0.05) is 22.9 Å². The highest BCUT2D eigenvalue weighted by atomic mass is 35.5. The van der Waals surface area contributed by atoms with Crippen molar-refractivity contribution in [1.82, 2.24) is 0 Å². The molecule has 0 saturated carbocycles. The SMILES string of the molecule is O=[N+]([O-])c1ccccc1N=Cc1ccccc1Cl. The molecule has 18 heavy (non-hydrogen) atoms. The molecule has 0 aliphatic rings. The van der Waals surface area contributed by atoms with Gasteiger partial charge in [-0.2, -0.15) is 0 Å². The third-order valence-corrected chi connectivity index (χ3v) is 2.67. The number of aliphatic imine (C=N–C) groups is 1. The van der Waals surface area contributed by atoms with E-state index in [1.165, 1.54) is 12.3 Å². The summed E-state index contributed by atoms with van der Waals surface area (Å²) in [5.74, 6) is 0. The van der Waals surface area contributed by atoms with Crippen LogP contribution in [-0.2, 0) is 0 Å². The molecule has 4 nitrogen and oxygen atoms in total. The maximum atomic E-state index is 10.8. The first-order chi connectivity index (χ1) is 8.68. The van der Waals surface area contributed by atoms with E-state index in [9.17, 15) is 10.1 Å². The monoisotopic (exact) mass is 260 g/mol. The van der Waals surface area contributed by atoms with E-state index < -0.39 is 4.92 Å². The Balaban J connectivity index is 2.35. The fourth-order valence-electron chi connectivity index (χ4n) is 1.45. The van der Waals surface area contributed by atoms with Crippen molar-refractivity contribution >= 4 is 29.2 Å². The summed E-state index contributed by atoms with van der Waals surface area (Å²) in [7, 11) is 0. The molecule has 90 valence electrons. The highest BCUT2D eigenvalue weighted by molar-refractivity contribution is 6.33. The third-order valence-electron chi connectivity index (χ3n) is 2.33. The Morgan fingerprint density at radius 3 is 2.50 bits per heavy atom. The van der Waals surface area contributed by atoms with Gasteiger partial charge in [-0.25, -0.2) is 4.99 Å². The minimum absolute atomic E-state index is 0.0270. The number of benzene rings is 2. The summed E-state index contributed by atoms with van der Waals surface area (Å²) in [6.45, 7) is 0. The van der Waals surface area contributed by atoms with E-state index in [-0.39, 0.29) is 5.69 Å².